The van der Waals surface area contributed by atoms with E-state index in [0.29, 0.717) is 10.9 Å². The molecule has 0 saturated heterocycles. The molecule has 0 bridgehead atoms. The van der Waals surface area contributed by atoms with E-state index in [1.807, 2.05) is 30.3 Å². The summed E-state index contributed by atoms with van der Waals surface area (Å²) in [6, 6.07) is 22.7. The van der Waals surface area contributed by atoms with Gasteiger partial charge in [0.1, 0.15) is 11.5 Å². The quantitative estimate of drug-likeness (QED) is 0.459. The maximum absolute atomic E-state index is 6.45. The van der Waals surface area contributed by atoms with Crippen LogP contribution in [0.15, 0.2) is 71.8 Å². The number of ether oxygens (including phenoxy) is 2. The molecular weight excluding hydrogens is 408 g/mol. The van der Waals surface area contributed by atoms with Gasteiger partial charge in [0.25, 0.3) is 0 Å². The molecule has 2 unspecified atom stereocenters. The second-order valence-electron chi connectivity index (χ2n) is 8.35. The Balaban J connectivity index is 1.55. The Morgan fingerprint density at radius 2 is 1.77 bits per heavy atom. The first-order valence-corrected chi connectivity index (χ1v) is 11.0. The van der Waals surface area contributed by atoms with Crippen LogP contribution in [0.4, 0.5) is 0 Å². The summed E-state index contributed by atoms with van der Waals surface area (Å²) in [5.74, 6) is 2.20. The minimum Gasteiger partial charge on any atom is -0.497 e. The summed E-state index contributed by atoms with van der Waals surface area (Å²) in [6.45, 7) is 4.40. The fourth-order valence-electron chi connectivity index (χ4n) is 4.28. The van der Waals surface area contributed by atoms with Crippen LogP contribution in [0.5, 0.6) is 11.5 Å². The number of hydrogen-bond acceptors (Lipinski definition) is 4. The van der Waals surface area contributed by atoms with E-state index in [1.54, 1.807) is 7.11 Å². The lowest BCUT2D eigenvalue weighted by Crippen LogP contribution is -2.33. The van der Waals surface area contributed by atoms with Gasteiger partial charge in [-0.15, -0.1) is 0 Å². The molecule has 5 rings (SSSR count). The highest BCUT2D eigenvalue weighted by molar-refractivity contribution is 6.30. The van der Waals surface area contributed by atoms with Gasteiger partial charge in [-0.3, -0.25) is 0 Å². The van der Waals surface area contributed by atoms with Crippen molar-refractivity contribution in [3.63, 3.8) is 0 Å². The third-order valence-electron chi connectivity index (χ3n) is 6.06. The number of hydrogen-bond donors (Lipinski definition) is 0. The summed E-state index contributed by atoms with van der Waals surface area (Å²) in [5.41, 5.74) is 5.61. The topological polar surface area (TPSA) is 34.1 Å². The van der Waals surface area contributed by atoms with Gasteiger partial charge in [-0.25, -0.2) is 5.01 Å². The van der Waals surface area contributed by atoms with Crippen molar-refractivity contribution in [3.8, 4) is 11.5 Å². The molecule has 4 nitrogen and oxygen atoms in total. The first-order chi connectivity index (χ1) is 15.0. The Labute approximate surface area is 188 Å². The normalized spacial score (nSPS) is 19.5. The Bertz CT molecular complexity index is 1120. The van der Waals surface area contributed by atoms with E-state index in [0.717, 1.165) is 40.3 Å². The van der Waals surface area contributed by atoms with Gasteiger partial charge in [0.15, 0.2) is 0 Å². The molecule has 2 atom stereocenters. The van der Waals surface area contributed by atoms with E-state index in [-0.39, 0.29) is 12.3 Å². The summed E-state index contributed by atoms with van der Waals surface area (Å²) < 4.78 is 11.8. The Hall–Kier alpha value is -2.98. The van der Waals surface area contributed by atoms with Crippen LogP contribution in [0.2, 0.25) is 5.02 Å². The van der Waals surface area contributed by atoms with Gasteiger partial charge in [0, 0.05) is 22.6 Å². The molecule has 0 saturated carbocycles. The minimum atomic E-state index is -0.282. The second-order valence-corrected chi connectivity index (χ2v) is 8.79. The summed E-state index contributed by atoms with van der Waals surface area (Å²) >= 11 is 6.33. The molecule has 0 spiro atoms. The van der Waals surface area contributed by atoms with Crippen molar-refractivity contribution in [2.24, 2.45) is 5.10 Å². The van der Waals surface area contributed by atoms with Gasteiger partial charge < -0.3 is 9.47 Å². The first-order valence-electron chi connectivity index (χ1n) is 10.6. The molecule has 158 valence electrons. The van der Waals surface area contributed by atoms with Crippen molar-refractivity contribution in [1.29, 1.82) is 0 Å². The lowest BCUT2D eigenvalue weighted by molar-refractivity contribution is -0.0190. The number of halogens is 1. The van der Waals surface area contributed by atoms with E-state index in [4.69, 9.17) is 26.2 Å². The van der Waals surface area contributed by atoms with Crippen LogP contribution in [-0.4, -0.2) is 17.8 Å². The third-order valence-corrected chi connectivity index (χ3v) is 6.30. The van der Waals surface area contributed by atoms with Crippen LogP contribution in [0.1, 0.15) is 60.7 Å². The maximum atomic E-state index is 6.45. The van der Waals surface area contributed by atoms with Gasteiger partial charge in [-0.1, -0.05) is 49.7 Å². The zero-order valence-electron chi connectivity index (χ0n) is 17.9. The Morgan fingerprint density at radius 1 is 1.03 bits per heavy atom. The Kier molecular flexibility index (Phi) is 5.11. The van der Waals surface area contributed by atoms with Crippen LogP contribution in [0.3, 0.4) is 0 Å². The van der Waals surface area contributed by atoms with Crippen molar-refractivity contribution < 1.29 is 9.47 Å². The van der Waals surface area contributed by atoms with Gasteiger partial charge in [0.05, 0.1) is 18.9 Å². The summed E-state index contributed by atoms with van der Waals surface area (Å²) in [7, 11) is 1.68. The van der Waals surface area contributed by atoms with Crippen LogP contribution in [0, 0.1) is 0 Å². The average molecular weight is 433 g/mol. The summed E-state index contributed by atoms with van der Waals surface area (Å²) in [5, 5.41) is 7.81. The monoisotopic (exact) mass is 432 g/mol. The van der Waals surface area contributed by atoms with Gasteiger partial charge in [0.2, 0.25) is 6.23 Å². The zero-order chi connectivity index (χ0) is 21.5. The standard InChI is InChI=1S/C26H25ClN2O2/c1-16(2)17-4-6-19(7-5-17)26-29-24(22-14-20(27)10-13-25(22)31-26)15-23(28-29)18-8-11-21(30-3)12-9-18/h4-14,16,24,26H,15H2,1-3H3. The third kappa shape index (κ3) is 3.66. The molecule has 0 radical (unpaired) electrons. The Morgan fingerprint density at radius 3 is 2.45 bits per heavy atom. The molecule has 2 heterocycles. The van der Waals surface area contributed by atoms with Gasteiger partial charge >= 0.3 is 0 Å². The van der Waals surface area contributed by atoms with Crippen LogP contribution in [0.25, 0.3) is 0 Å². The van der Waals surface area contributed by atoms with E-state index >= 15 is 0 Å². The molecule has 3 aromatic carbocycles. The van der Waals surface area contributed by atoms with Gasteiger partial charge in [-0.05, 0) is 59.5 Å². The van der Waals surface area contributed by atoms with Gasteiger partial charge in [-0.2, -0.15) is 5.10 Å². The molecule has 3 aromatic rings. The molecule has 0 aliphatic carbocycles. The number of hydrazone groups is 1. The fraction of sp³-hybridized carbons (Fsp3) is 0.269. The highest BCUT2D eigenvalue weighted by atomic mass is 35.5. The van der Waals surface area contributed by atoms with Crippen molar-refractivity contribution in [1.82, 2.24) is 5.01 Å². The molecule has 2 aliphatic heterocycles. The lowest BCUT2D eigenvalue weighted by Gasteiger charge is -2.38. The SMILES string of the molecule is COc1ccc(C2=NN3C(C2)c2cc(Cl)ccc2OC3c2ccc(C(C)C)cc2)cc1. The minimum absolute atomic E-state index is 0.0781. The predicted octanol–water partition coefficient (Wildman–Crippen LogP) is 6.71. The van der Waals surface area contributed by atoms with E-state index < -0.39 is 0 Å². The van der Waals surface area contributed by atoms with Crippen molar-refractivity contribution in [2.45, 2.75) is 38.5 Å². The molecule has 0 N–H and O–H groups in total. The summed E-state index contributed by atoms with van der Waals surface area (Å²) in [4.78, 5) is 0. The van der Waals surface area contributed by atoms with E-state index in [9.17, 15) is 0 Å². The number of fused-ring (bicyclic) bond motifs is 3. The second kappa shape index (κ2) is 7.93. The smallest absolute Gasteiger partial charge is 0.213 e. The first kappa shape index (κ1) is 20.0. The predicted molar refractivity (Wildman–Crippen MR) is 124 cm³/mol. The number of benzene rings is 3. The van der Waals surface area contributed by atoms with Crippen molar-refractivity contribution >= 4 is 17.3 Å². The number of nitrogens with zero attached hydrogens (tertiary/aromatic N) is 2. The number of rotatable bonds is 4. The van der Waals surface area contributed by atoms with Crippen LogP contribution in [-0.2, 0) is 0 Å². The molecule has 5 heteroatoms. The molecular formula is C26H25ClN2O2. The van der Waals surface area contributed by atoms with E-state index in [1.165, 1.54) is 5.56 Å². The zero-order valence-corrected chi connectivity index (χ0v) is 18.6. The van der Waals surface area contributed by atoms with Crippen molar-refractivity contribution in [3.05, 3.63) is 94.0 Å². The molecule has 0 amide bonds. The largest absolute Gasteiger partial charge is 0.497 e. The fourth-order valence-corrected chi connectivity index (χ4v) is 4.46. The molecule has 0 fully saturated rings. The maximum Gasteiger partial charge on any atom is 0.213 e. The van der Waals surface area contributed by atoms with Crippen LogP contribution < -0.4 is 9.47 Å². The average Bonchev–Trinajstić information content (AvgIpc) is 3.24. The highest BCUT2D eigenvalue weighted by Gasteiger charge is 2.41. The number of methoxy groups -OCH3 is 1. The van der Waals surface area contributed by atoms with Crippen molar-refractivity contribution in [2.75, 3.05) is 7.11 Å². The van der Waals surface area contributed by atoms with E-state index in [2.05, 4.69) is 55.3 Å². The highest BCUT2D eigenvalue weighted by Crippen LogP contribution is 2.48. The van der Waals surface area contributed by atoms with Crippen LogP contribution >= 0.6 is 11.6 Å². The summed E-state index contributed by atoms with van der Waals surface area (Å²) in [6.07, 6.45) is 0.513. The lowest BCUT2D eigenvalue weighted by atomic mass is 9.95. The molecule has 31 heavy (non-hydrogen) atoms. The molecule has 2 aliphatic rings. The molecule has 0 aromatic heterocycles.